The van der Waals surface area contributed by atoms with Crippen molar-refractivity contribution in [2.45, 2.75) is 26.2 Å². The molecule has 17 heavy (non-hydrogen) atoms. The summed E-state index contributed by atoms with van der Waals surface area (Å²) in [4.78, 5) is 13.4. The minimum Gasteiger partial charge on any atom is -0.371 e. The third kappa shape index (κ3) is 3.09. The Morgan fingerprint density at radius 1 is 1.35 bits per heavy atom. The van der Waals surface area contributed by atoms with Gasteiger partial charge in [0.15, 0.2) is 6.29 Å². The quantitative estimate of drug-likeness (QED) is 0.772. The Hall–Kier alpha value is -0.830. The molecule has 1 aliphatic heterocycles. The molecule has 1 aliphatic rings. The zero-order valence-electron chi connectivity index (χ0n) is 10.2. The maximum absolute atomic E-state index is 11.1. The summed E-state index contributed by atoms with van der Waals surface area (Å²) in [5.41, 5.74) is 1.87. The second-order valence-electron chi connectivity index (χ2n) is 4.84. The second-order valence-corrected chi connectivity index (χ2v) is 5.76. The monoisotopic (exact) mass is 295 g/mol. The smallest absolute Gasteiger partial charge is 0.152 e. The lowest BCUT2D eigenvalue weighted by Gasteiger charge is -2.24. The van der Waals surface area contributed by atoms with Crippen LogP contribution in [0.3, 0.4) is 0 Å². The van der Waals surface area contributed by atoms with Gasteiger partial charge in [-0.15, -0.1) is 0 Å². The van der Waals surface area contributed by atoms with Crippen LogP contribution in [0, 0.1) is 5.92 Å². The van der Waals surface area contributed by atoms with Crippen molar-refractivity contribution in [3.8, 4) is 0 Å². The predicted octanol–water partition coefficient (Wildman–Crippen LogP) is 3.89. The molecule has 92 valence electrons. The van der Waals surface area contributed by atoms with E-state index >= 15 is 0 Å². The molecule has 0 aliphatic carbocycles. The van der Waals surface area contributed by atoms with Crippen molar-refractivity contribution in [3.63, 3.8) is 0 Å². The lowest BCUT2D eigenvalue weighted by Crippen LogP contribution is -2.25. The molecule has 0 radical (unpaired) electrons. The van der Waals surface area contributed by atoms with Gasteiger partial charge in [-0.3, -0.25) is 4.79 Å². The number of carbonyl (C=O) groups excluding carboxylic acids is 1. The Balaban J connectivity index is 2.25. The number of carbonyl (C=O) groups is 1. The highest BCUT2D eigenvalue weighted by atomic mass is 79.9. The molecule has 1 aromatic carbocycles. The normalized spacial score (nSPS) is 21.1. The van der Waals surface area contributed by atoms with Crippen molar-refractivity contribution in [1.29, 1.82) is 0 Å². The number of aldehydes is 1. The number of hydrogen-bond acceptors (Lipinski definition) is 2. The van der Waals surface area contributed by atoms with Crippen molar-refractivity contribution < 1.29 is 4.79 Å². The summed E-state index contributed by atoms with van der Waals surface area (Å²) in [6, 6.07) is 5.87. The van der Waals surface area contributed by atoms with E-state index in [0.717, 1.165) is 41.0 Å². The van der Waals surface area contributed by atoms with Gasteiger partial charge < -0.3 is 4.90 Å². The van der Waals surface area contributed by atoms with E-state index in [4.69, 9.17) is 0 Å². The molecule has 1 unspecified atom stereocenters. The molecule has 0 N–H and O–H groups in total. The van der Waals surface area contributed by atoms with E-state index in [9.17, 15) is 4.79 Å². The molecule has 0 aromatic heterocycles. The minimum atomic E-state index is 0.794. The maximum atomic E-state index is 11.1. The molecule has 1 aromatic rings. The average molecular weight is 296 g/mol. The molecule has 1 saturated heterocycles. The van der Waals surface area contributed by atoms with Crippen LogP contribution in [0.15, 0.2) is 22.7 Å². The first-order chi connectivity index (χ1) is 8.20. The summed E-state index contributed by atoms with van der Waals surface area (Å²) < 4.78 is 1.04. The highest BCUT2D eigenvalue weighted by molar-refractivity contribution is 9.10. The zero-order valence-corrected chi connectivity index (χ0v) is 11.7. The van der Waals surface area contributed by atoms with Gasteiger partial charge in [0.05, 0.1) is 0 Å². The molecule has 1 atom stereocenters. The molecular weight excluding hydrogens is 278 g/mol. The van der Waals surface area contributed by atoms with E-state index in [-0.39, 0.29) is 0 Å². The van der Waals surface area contributed by atoms with Gasteiger partial charge in [-0.2, -0.15) is 0 Å². The molecule has 1 fully saturated rings. The highest BCUT2D eigenvalue weighted by Crippen LogP contribution is 2.27. The second kappa shape index (κ2) is 5.67. The lowest BCUT2D eigenvalue weighted by molar-refractivity contribution is 0.112. The van der Waals surface area contributed by atoms with Gasteiger partial charge in [-0.25, -0.2) is 0 Å². The maximum Gasteiger partial charge on any atom is 0.152 e. The van der Waals surface area contributed by atoms with Gasteiger partial charge in [-0.1, -0.05) is 22.9 Å². The van der Waals surface area contributed by atoms with Crippen LogP contribution in [0.5, 0.6) is 0 Å². The van der Waals surface area contributed by atoms with Crippen LogP contribution >= 0.6 is 15.9 Å². The first-order valence-corrected chi connectivity index (χ1v) is 6.99. The predicted molar refractivity (Wildman–Crippen MR) is 74.8 cm³/mol. The fourth-order valence-corrected chi connectivity index (χ4v) is 2.74. The van der Waals surface area contributed by atoms with E-state index < -0.39 is 0 Å². The summed E-state index contributed by atoms with van der Waals surface area (Å²) in [6.07, 6.45) is 4.67. The lowest BCUT2D eigenvalue weighted by atomic mass is 10.0. The van der Waals surface area contributed by atoms with Crippen molar-refractivity contribution in [1.82, 2.24) is 0 Å². The zero-order chi connectivity index (χ0) is 12.3. The van der Waals surface area contributed by atoms with E-state index in [2.05, 4.69) is 33.8 Å². The van der Waals surface area contributed by atoms with Crippen molar-refractivity contribution in [2.75, 3.05) is 18.0 Å². The molecule has 0 amide bonds. The van der Waals surface area contributed by atoms with Gasteiger partial charge in [-0.05, 0) is 43.4 Å². The van der Waals surface area contributed by atoms with Crippen molar-refractivity contribution in [3.05, 3.63) is 28.2 Å². The average Bonchev–Trinajstić information content (AvgIpc) is 2.54. The summed E-state index contributed by atoms with van der Waals surface area (Å²) in [5.74, 6) is 0.798. The van der Waals surface area contributed by atoms with Gasteiger partial charge in [0.2, 0.25) is 0 Å². The number of benzene rings is 1. The molecule has 0 bridgehead atoms. The topological polar surface area (TPSA) is 20.3 Å². The minimum absolute atomic E-state index is 0.794. The van der Waals surface area contributed by atoms with Crippen LogP contribution in [0.1, 0.15) is 36.5 Å². The van der Waals surface area contributed by atoms with Crippen molar-refractivity contribution >= 4 is 27.9 Å². The molecule has 2 nitrogen and oxygen atoms in total. The van der Waals surface area contributed by atoms with Crippen LogP contribution in [-0.2, 0) is 0 Å². The van der Waals surface area contributed by atoms with Gasteiger partial charge in [0, 0.05) is 28.8 Å². The number of hydrogen-bond donors (Lipinski definition) is 0. The van der Waals surface area contributed by atoms with Crippen LogP contribution in [0.2, 0.25) is 0 Å². The summed E-state index contributed by atoms with van der Waals surface area (Å²) in [7, 11) is 0. The third-order valence-corrected chi connectivity index (χ3v) is 3.97. The Kier molecular flexibility index (Phi) is 4.21. The van der Waals surface area contributed by atoms with Gasteiger partial charge in [0.1, 0.15) is 0 Å². The Morgan fingerprint density at radius 2 is 2.18 bits per heavy atom. The number of nitrogens with zero attached hydrogens (tertiary/aromatic N) is 1. The Bertz CT molecular complexity index is 405. The fraction of sp³-hybridized carbons (Fsp3) is 0.500. The molecule has 2 rings (SSSR count). The Labute approximate surface area is 111 Å². The molecule has 0 saturated carbocycles. The molecule has 0 spiro atoms. The molecule has 3 heteroatoms. The number of halogens is 1. The van der Waals surface area contributed by atoms with E-state index in [1.807, 2.05) is 12.1 Å². The van der Waals surface area contributed by atoms with Crippen molar-refractivity contribution in [2.24, 2.45) is 5.92 Å². The third-order valence-electron chi connectivity index (χ3n) is 3.48. The molecule has 1 heterocycles. The number of anilines is 1. The van der Waals surface area contributed by atoms with E-state index in [0.29, 0.717) is 0 Å². The van der Waals surface area contributed by atoms with Crippen LogP contribution in [-0.4, -0.2) is 19.4 Å². The van der Waals surface area contributed by atoms with E-state index in [1.54, 1.807) is 0 Å². The largest absolute Gasteiger partial charge is 0.371 e. The summed E-state index contributed by atoms with van der Waals surface area (Å²) in [5, 5.41) is 0. The van der Waals surface area contributed by atoms with Crippen LogP contribution in [0.25, 0.3) is 0 Å². The van der Waals surface area contributed by atoms with Gasteiger partial charge >= 0.3 is 0 Å². The van der Waals surface area contributed by atoms with Crippen LogP contribution < -0.4 is 4.90 Å². The van der Waals surface area contributed by atoms with E-state index in [1.165, 1.54) is 19.3 Å². The highest BCUT2D eigenvalue weighted by Gasteiger charge is 2.16. The number of rotatable bonds is 2. The van der Waals surface area contributed by atoms with Crippen LogP contribution in [0.4, 0.5) is 5.69 Å². The first-order valence-electron chi connectivity index (χ1n) is 6.20. The Morgan fingerprint density at radius 3 is 2.94 bits per heavy atom. The molecular formula is C14H18BrNO. The van der Waals surface area contributed by atoms with Gasteiger partial charge in [0.25, 0.3) is 0 Å². The first kappa shape index (κ1) is 12.6. The fourth-order valence-electron chi connectivity index (χ4n) is 2.39. The summed E-state index contributed by atoms with van der Waals surface area (Å²) in [6.45, 7) is 4.42. The standard InChI is InChI=1S/C14H18BrNO/c1-11-3-2-7-16(8-6-11)14-9-13(15)5-4-12(14)10-17/h4-5,9-11H,2-3,6-8H2,1H3. The SMILES string of the molecule is CC1CCCN(c2cc(Br)ccc2C=O)CC1. The summed E-state index contributed by atoms with van der Waals surface area (Å²) >= 11 is 3.48.